The number of carbonyl (C=O) groups is 1. The number of anilines is 1. The van der Waals surface area contributed by atoms with E-state index >= 15 is 0 Å². The molecule has 0 radical (unpaired) electrons. The minimum atomic E-state index is -4.06. The van der Waals surface area contributed by atoms with Crippen LogP contribution in [0.25, 0.3) is 11.0 Å². The zero-order valence-corrected chi connectivity index (χ0v) is 20.1. The molecule has 1 amide bonds. The molecule has 0 atom stereocenters. The van der Waals surface area contributed by atoms with Crippen LogP contribution in [0.3, 0.4) is 0 Å². The Bertz CT molecular complexity index is 1250. The van der Waals surface area contributed by atoms with Crippen molar-refractivity contribution in [3.63, 3.8) is 0 Å². The second kappa shape index (κ2) is 8.39. The monoisotopic (exact) mass is 453 g/mol. The van der Waals surface area contributed by atoms with Gasteiger partial charge in [-0.2, -0.15) is 0 Å². The number of benzene rings is 2. The molecule has 0 saturated heterocycles. The van der Waals surface area contributed by atoms with Gasteiger partial charge in [0.15, 0.2) is 0 Å². The summed E-state index contributed by atoms with van der Waals surface area (Å²) in [7, 11) is -4.06. The predicted octanol–water partition coefficient (Wildman–Crippen LogP) is 6.13. The van der Waals surface area contributed by atoms with Gasteiger partial charge in [0.05, 0.1) is 10.6 Å². The van der Waals surface area contributed by atoms with Gasteiger partial charge in [-0.25, -0.2) is 12.7 Å². The molecule has 0 bridgehead atoms. The summed E-state index contributed by atoms with van der Waals surface area (Å²) in [6.45, 7) is 8.10. The van der Waals surface area contributed by atoms with Crippen LogP contribution in [0, 0.1) is 0 Å². The molecule has 4 rings (SSSR count). The molecular formula is C26H31NO4S. The summed E-state index contributed by atoms with van der Waals surface area (Å²) in [6, 6.07) is 12.1. The second-order valence-electron chi connectivity index (χ2n) is 9.58. The highest BCUT2D eigenvalue weighted by atomic mass is 32.2. The Kier molecular flexibility index (Phi) is 5.93. The van der Waals surface area contributed by atoms with Crippen molar-refractivity contribution >= 4 is 32.6 Å². The van der Waals surface area contributed by atoms with Gasteiger partial charge in [0.1, 0.15) is 11.3 Å². The van der Waals surface area contributed by atoms with Crippen LogP contribution in [0.4, 0.5) is 5.69 Å². The van der Waals surface area contributed by atoms with Crippen molar-refractivity contribution in [3.05, 3.63) is 59.4 Å². The molecule has 1 heterocycles. The number of hydrogen-bond donors (Lipinski definition) is 0. The molecule has 1 aromatic heterocycles. The Morgan fingerprint density at radius 1 is 1.03 bits per heavy atom. The van der Waals surface area contributed by atoms with Crippen LogP contribution in [0.2, 0.25) is 0 Å². The fourth-order valence-electron chi connectivity index (χ4n) is 4.34. The summed E-state index contributed by atoms with van der Waals surface area (Å²) in [5.41, 5.74) is 3.20. The van der Waals surface area contributed by atoms with Crippen LogP contribution in [0.15, 0.2) is 51.8 Å². The maximum absolute atomic E-state index is 13.7. The molecule has 170 valence electrons. The van der Waals surface area contributed by atoms with Crippen LogP contribution in [0.1, 0.15) is 70.3 Å². The number of nitrogens with zero attached hydrogens (tertiary/aromatic N) is 1. The highest BCUT2D eigenvalue weighted by Gasteiger charge is 2.31. The lowest BCUT2D eigenvalue weighted by Crippen LogP contribution is -2.36. The average Bonchev–Trinajstić information content (AvgIpc) is 3.11. The van der Waals surface area contributed by atoms with E-state index in [0.29, 0.717) is 12.1 Å². The van der Waals surface area contributed by atoms with Gasteiger partial charge in [-0.15, -0.1) is 0 Å². The summed E-state index contributed by atoms with van der Waals surface area (Å²) < 4.78 is 34.3. The largest absolute Gasteiger partial charge is 0.461 e. The SMILES string of the molecule is CCCC(=O)N(c1ccc2oc3c(c2c1)CCCC3)S(=O)(=O)c1ccc(C(C)(C)C)cc1. The predicted molar refractivity (Wildman–Crippen MR) is 128 cm³/mol. The van der Waals surface area contributed by atoms with Gasteiger partial charge in [-0.1, -0.05) is 39.8 Å². The van der Waals surface area contributed by atoms with Crippen molar-refractivity contribution in [2.75, 3.05) is 4.31 Å². The van der Waals surface area contributed by atoms with E-state index in [1.54, 1.807) is 30.3 Å². The van der Waals surface area contributed by atoms with Crippen molar-refractivity contribution < 1.29 is 17.6 Å². The molecule has 3 aromatic rings. The molecule has 0 saturated carbocycles. The normalized spacial score (nSPS) is 14.4. The number of hydrogen-bond acceptors (Lipinski definition) is 4. The first-order valence-electron chi connectivity index (χ1n) is 11.4. The van der Waals surface area contributed by atoms with Crippen LogP contribution in [-0.2, 0) is 33.1 Å². The Hall–Kier alpha value is -2.60. The van der Waals surface area contributed by atoms with Gasteiger partial charge in [-0.3, -0.25) is 4.79 Å². The van der Waals surface area contributed by atoms with E-state index in [1.807, 2.05) is 19.1 Å². The lowest BCUT2D eigenvalue weighted by atomic mass is 9.87. The van der Waals surface area contributed by atoms with E-state index in [9.17, 15) is 13.2 Å². The minimum absolute atomic E-state index is 0.0918. The molecule has 32 heavy (non-hydrogen) atoms. The fraction of sp³-hybridized carbons (Fsp3) is 0.423. The standard InChI is InChI=1S/C26H31NO4S/c1-5-8-25(28)27(32(29,30)20-14-11-18(12-15-20)26(2,3)4)19-13-16-24-22(17-19)21-9-6-7-10-23(21)31-24/h11-17H,5-10H2,1-4H3. The summed E-state index contributed by atoms with van der Waals surface area (Å²) in [5, 5.41) is 0.907. The highest BCUT2D eigenvalue weighted by Crippen LogP contribution is 2.36. The molecule has 6 heteroatoms. The third kappa shape index (κ3) is 4.08. The van der Waals surface area contributed by atoms with Crippen LogP contribution < -0.4 is 4.31 Å². The first-order valence-corrected chi connectivity index (χ1v) is 12.8. The number of amides is 1. The Morgan fingerprint density at radius 2 is 1.72 bits per heavy atom. The lowest BCUT2D eigenvalue weighted by molar-refractivity contribution is -0.117. The van der Waals surface area contributed by atoms with Crippen molar-refractivity contribution in [2.45, 2.75) is 76.5 Å². The van der Waals surface area contributed by atoms with Gasteiger partial charge >= 0.3 is 0 Å². The van der Waals surface area contributed by atoms with Crippen molar-refractivity contribution in [3.8, 4) is 0 Å². The average molecular weight is 454 g/mol. The van der Waals surface area contributed by atoms with Crippen molar-refractivity contribution in [1.82, 2.24) is 0 Å². The zero-order valence-electron chi connectivity index (χ0n) is 19.3. The van der Waals surface area contributed by atoms with E-state index in [2.05, 4.69) is 20.8 Å². The van der Waals surface area contributed by atoms with Gasteiger partial charge in [0.2, 0.25) is 5.91 Å². The second-order valence-corrected chi connectivity index (χ2v) is 11.4. The number of aryl methyl sites for hydroxylation is 2. The summed E-state index contributed by atoms with van der Waals surface area (Å²) in [6.07, 6.45) is 4.71. The quantitative estimate of drug-likeness (QED) is 0.466. The lowest BCUT2D eigenvalue weighted by Gasteiger charge is -2.24. The Balaban J connectivity index is 1.81. The zero-order chi connectivity index (χ0) is 23.1. The Labute approximate surface area is 190 Å². The maximum Gasteiger partial charge on any atom is 0.270 e. The number of carbonyl (C=O) groups excluding carboxylic acids is 1. The van der Waals surface area contributed by atoms with Crippen LogP contribution >= 0.6 is 0 Å². The fourth-order valence-corrected chi connectivity index (χ4v) is 5.78. The van der Waals surface area contributed by atoms with E-state index in [-0.39, 0.29) is 16.7 Å². The molecule has 0 N–H and O–H groups in total. The van der Waals surface area contributed by atoms with Crippen LogP contribution in [0.5, 0.6) is 0 Å². The van der Waals surface area contributed by atoms with Crippen molar-refractivity contribution in [1.29, 1.82) is 0 Å². The smallest absolute Gasteiger partial charge is 0.270 e. The molecule has 2 aromatic carbocycles. The molecular weight excluding hydrogens is 422 g/mol. The van der Waals surface area contributed by atoms with E-state index in [1.165, 1.54) is 0 Å². The first kappa shape index (κ1) is 22.6. The maximum atomic E-state index is 13.7. The molecule has 0 fully saturated rings. The van der Waals surface area contributed by atoms with E-state index in [4.69, 9.17) is 4.42 Å². The molecule has 0 spiro atoms. The molecule has 5 nitrogen and oxygen atoms in total. The summed E-state index contributed by atoms with van der Waals surface area (Å²) in [4.78, 5) is 13.2. The Morgan fingerprint density at radius 3 is 2.38 bits per heavy atom. The number of furan rings is 1. The molecule has 0 unspecified atom stereocenters. The van der Waals surface area contributed by atoms with Gasteiger partial charge in [0.25, 0.3) is 10.0 Å². The van der Waals surface area contributed by atoms with Crippen molar-refractivity contribution in [2.24, 2.45) is 0 Å². The van der Waals surface area contributed by atoms with Gasteiger partial charge in [-0.05, 0) is 67.0 Å². The molecule has 0 aliphatic heterocycles. The van der Waals surface area contributed by atoms with E-state index in [0.717, 1.165) is 57.8 Å². The first-order chi connectivity index (χ1) is 15.1. The topological polar surface area (TPSA) is 67.6 Å². The van der Waals surface area contributed by atoms with Gasteiger partial charge < -0.3 is 4.42 Å². The highest BCUT2D eigenvalue weighted by molar-refractivity contribution is 7.93. The third-order valence-corrected chi connectivity index (χ3v) is 7.89. The summed E-state index contributed by atoms with van der Waals surface area (Å²) >= 11 is 0. The minimum Gasteiger partial charge on any atom is -0.461 e. The molecule has 1 aliphatic rings. The van der Waals surface area contributed by atoms with Gasteiger partial charge in [0, 0.05) is 23.8 Å². The number of fused-ring (bicyclic) bond motifs is 3. The summed E-state index contributed by atoms with van der Waals surface area (Å²) in [5.74, 6) is 0.555. The third-order valence-electron chi connectivity index (χ3n) is 6.12. The molecule has 1 aliphatic carbocycles. The van der Waals surface area contributed by atoms with Crippen LogP contribution in [-0.4, -0.2) is 14.3 Å². The number of rotatable bonds is 5. The van der Waals surface area contributed by atoms with E-state index < -0.39 is 15.9 Å². The number of sulfonamides is 1.